The minimum atomic E-state index is -0.554. The van der Waals surface area contributed by atoms with E-state index in [1.54, 1.807) is 6.07 Å². The Morgan fingerprint density at radius 1 is 1.55 bits per heavy atom. The Morgan fingerprint density at radius 2 is 2.40 bits per heavy atom. The molecule has 0 bridgehead atoms. The van der Waals surface area contributed by atoms with E-state index in [9.17, 15) is 9.18 Å². The van der Waals surface area contributed by atoms with Crippen molar-refractivity contribution in [2.24, 2.45) is 5.92 Å². The zero-order valence-electron chi connectivity index (χ0n) is 11.7. The third-order valence-electron chi connectivity index (χ3n) is 3.66. The van der Waals surface area contributed by atoms with Gasteiger partial charge in [0.15, 0.2) is 0 Å². The second kappa shape index (κ2) is 7.24. The average molecular weight is 280 g/mol. The maximum absolute atomic E-state index is 13.7. The second-order valence-corrected chi connectivity index (χ2v) is 5.10. The molecule has 1 unspecified atom stereocenters. The number of nitrogens with one attached hydrogen (secondary N) is 2. The van der Waals surface area contributed by atoms with Gasteiger partial charge >= 0.3 is 0 Å². The molecule has 1 saturated heterocycles. The zero-order chi connectivity index (χ0) is 14.4. The summed E-state index contributed by atoms with van der Waals surface area (Å²) in [4.78, 5) is 11.9. The number of hydrogen-bond acceptors (Lipinski definition) is 3. The van der Waals surface area contributed by atoms with Crippen molar-refractivity contribution in [2.75, 3.05) is 26.7 Å². The van der Waals surface area contributed by atoms with Crippen LogP contribution in [0.4, 0.5) is 4.39 Å². The van der Waals surface area contributed by atoms with Crippen molar-refractivity contribution >= 4 is 5.91 Å². The summed E-state index contributed by atoms with van der Waals surface area (Å²) in [5.41, 5.74) is 0.0626. The summed E-state index contributed by atoms with van der Waals surface area (Å²) in [6, 6.07) is 4.26. The number of benzene rings is 1. The van der Waals surface area contributed by atoms with E-state index >= 15 is 0 Å². The molecule has 2 N–H and O–H groups in total. The van der Waals surface area contributed by atoms with E-state index in [2.05, 4.69) is 10.6 Å². The Hall–Kier alpha value is -1.62. The van der Waals surface area contributed by atoms with E-state index in [1.807, 2.05) is 0 Å². The van der Waals surface area contributed by atoms with Crippen LogP contribution in [0.15, 0.2) is 18.2 Å². The molecule has 0 radical (unpaired) electrons. The van der Waals surface area contributed by atoms with Crippen molar-refractivity contribution in [1.82, 2.24) is 10.6 Å². The monoisotopic (exact) mass is 280 g/mol. The van der Waals surface area contributed by atoms with Gasteiger partial charge in [0, 0.05) is 12.6 Å². The number of halogens is 1. The second-order valence-electron chi connectivity index (χ2n) is 5.10. The van der Waals surface area contributed by atoms with Gasteiger partial charge in [-0.25, -0.2) is 4.39 Å². The van der Waals surface area contributed by atoms with Crippen LogP contribution < -0.4 is 15.4 Å². The minimum absolute atomic E-state index is 0.0626. The molecule has 1 atom stereocenters. The van der Waals surface area contributed by atoms with Crippen LogP contribution in [0.3, 0.4) is 0 Å². The summed E-state index contributed by atoms with van der Waals surface area (Å²) in [5, 5.41) is 6.12. The lowest BCUT2D eigenvalue weighted by atomic mass is 9.96. The fourth-order valence-electron chi connectivity index (χ4n) is 2.46. The minimum Gasteiger partial charge on any atom is -0.497 e. The molecule has 1 fully saturated rings. The molecular weight excluding hydrogens is 259 g/mol. The van der Waals surface area contributed by atoms with Gasteiger partial charge in [0.25, 0.3) is 5.91 Å². The molecule has 1 amide bonds. The molecular formula is C15H21FN2O2. The first-order valence-corrected chi connectivity index (χ1v) is 7.03. The topological polar surface area (TPSA) is 50.4 Å². The van der Waals surface area contributed by atoms with Crippen LogP contribution in [0.25, 0.3) is 0 Å². The zero-order valence-corrected chi connectivity index (χ0v) is 11.7. The molecule has 1 heterocycles. The molecule has 110 valence electrons. The van der Waals surface area contributed by atoms with E-state index in [4.69, 9.17) is 4.74 Å². The molecule has 1 aromatic rings. The van der Waals surface area contributed by atoms with Gasteiger partial charge in [0.05, 0.1) is 12.7 Å². The van der Waals surface area contributed by atoms with E-state index in [-0.39, 0.29) is 11.5 Å². The summed E-state index contributed by atoms with van der Waals surface area (Å²) in [5.74, 6) is 0.0900. The molecule has 0 spiro atoms. The molecule has 4 nitrogen and oxygen atoms in total. The van der Waals surface area contributed by atoms with Gasteiger partial charge < -0.3 is 15.4 Å². The first-order valence-electron chi connectivity index (χ1n) is 7.03. The van der Waals surface area contributed by atoms with E-state index < -0.39 is 5.82 Å². The summed E-state index contributed by atoms with van der Waals surface area (Å²) < 4.78 is 18.6. The highest BCUT2D eigenvalue weighted by atomic mass is 19.1. The number of rotatable bonds is 5. The summed E-state index contributed by atoms with van der Waals surface area (Å²) >= 11 is 0. The van der Waals surface area contributed by atoms with Gasteiger partial charge in [0.2, 0.25) is 0 Å². The maximum atomic E-state index is 13.7. The first-order chi connectivity index (χ1) is 9.70. The van der Waals surface area contributed by atoms with E-state index in [1.165, 1.54) is 32.1 Å². The Kier molecular flexibility index (Phi) is 5.35. The van der Waals surface area contributed by atoms with Crippen molar-refractivity contribution in [3.8, 4) is 5.75 Å². The van der Waals surface area contributed by atoms with Gasteiger partial charge in [-0.05, 0) is 50.4 Å². The summed E-state index contributed by atoms with van der Waals surface area (Å²) in [7, 11) is 1.47. The summed E-state index contributed by atoms with van der Waals surface area (Å²) in [6.45, 7) is 2.67. The summed E-state index contributed by atoms with van der Waals surface area (Å²) in [6.07, 6.45) is 3.31. The standard InChI is InChI=1S/C15H21FN2O2/c1-20-12-4-5-13(14(16)9-12)15(19)18-8-6-11-3-2-7-17-10-11/h4-5,9,11,17H,2-3,6-8,10H2,1H3,(H,18,19). The number of amides is 1. The van der Waals surface area contributed by atoms with Gasteiger partial charge in [-0.2, -0.15) is 0 Å². The number of hydrogen-bond donors (Lipinski definition) is 2. The normalized spacial score (nSPS) is 18.6. The van der Waals surface area contributed by atoms with Crippen LogP contribution in [0.1, 0.15) is 29.6 Å². The van der Waals surface area contributed by atoms with Gasteiger partial charge in [0.1, 0.15) is 11.6 Å². The third-order valence-corrected chi connectivity index (χ3v) is 3.66. The number of ether oxygens (including phenoxy) is 1. The third kappa shape index (κ3) is 3.93. The van der Waals surface area contributed by atoms with E-state index in [0.717, 1.165) is 19.5 Å². The predicted molar refractivity (Wildman–Crippen MR) is 75.5 cm³/mol. The Bertz CT molecular complexity index is 459. The SMILES string of the molecule is COc1ccc(C(=O)NCCC2CCCNC2)c(F)c1. The highest BCUT2D eigenvalue weighted by molar-refractivity contribution is 5.94. The highest BCUT2D eigenvalue weighted by Crippen LogP contribution is 2.16. The van der Waals surface area contributed by atoms with Crippen LogP contribution in [-0.4, -0.2) is 32.7 Å². The number of piperidine rings is 1. The fourth-order valence-corrected chi connectivity index (χ4v) is 2.46. The fraction of sp³-hybridized carbons (Fsp3) is 0.533. The smallest absolute Gasteiger partial charge is 0.254 e. The average Bonchev–Trinajstić information content (AvgIpc) is 2.48. The molecule has 0 saturated carbocycles. The Balaban J connectivity index is 1.82. The van der Waals surface area contributed by atoms with Crippen molar-refractivity contribution in [2.45, 2.75) is 19.3 Å². The molecule has 0 aliphatic carbocycles. The first kappa shape index (κ1) is 14.8. The number of methoxy groups -OCH3 is 1. The lowest BCUT2D eigenvalue weighted by molar-refractivity contribution is 0.0946. The van der Waals surface area contributed by atoms with Gasteiger partial charge in [-0.3, -0.25) is 4.79 Å². The van der Waals surface area contributed by atoms with Crippen LogP contribution in [0.5, 0.6) is 5.75 Å². The van der Waals surface area contributed by atoms with Gasteiger partial charge in [-0.1, -0.05) is 0 Å². The van der Waals surface area contributed by atoms with Crippen LogP contribution >= 0.6 is 0 Å². The lowest BCUT2D eigenvalue weighted by Crippen LogP contribution is -2.33. The van der Waals surface area contributed by atoms with Crippen molar-refractivity contribution < 1.29 is 13.9 Å². The molecule has 2 rings (SSSR count). The molecule has 1 aliphatic heterocycles. The van der Waals surface area contributed by atoms with Crippen molar-refractivity contribution in [3.63, 3.8) is 0 Å². The van der Waals surface area contributed by atoms with Crippen molar-refractivity contribution in [3.05, 3.63) is 29.6 Å². The molecule has 0 aromatic heterocycles. The Labute approximate surface area is 118 Å². The number of carbonyl (C=O) groups excluding carboxylic acids is 1. The van der Waals surface area contributed by atoms with Crippen LogP contribution in [0, 0.1) is 11.7 Å². The van der Waals surface area contributed by atoms with Crippen LogP contribution in [0.2, 0.25) is 0 Å². The Morgan fingerprint density at radius 3 is 3.05 bits per heavy atom. The maximum Gasteiger partial charge on any atom is 0.254 e. The van der Waals surface area contributed by atoms with E-state index in [0.29, 0.717) is 18.2 Å². The van der Waals surface area contributed by atoms with Gasteiger partial charge in [-0.15, -0.1) is 0 Å². The molecule has 20 heavy (non-hydrogen) atoms. The quantitative estimate of drug-likeness (QED) is 0.867. The predicted octanol–water partition coefficient (Wildman–Crippen LogP) is 1.95. The highest BCUT2D eigenvalue weighted by Gasteiger charge is 2.15. The molecule has 1 aliphatic rings. The molecule has 5 heteroatoms. The largest absolute Gasteiger partial charge is 0.497 e. The molecule has 1 aromatic carbocycles. The number of carbonyl (C=O) groups is 1. The van der Waals surface area contributed by atoms with Crippen molar-refractivity contribution in [1.29, 1.82) is 0 Å². The van der Waals surface area contributed by atoms with Crippen LogP contribution in [-0.2, 0) is 0 Å². The lowest BCUT2D eigenvalue weighted by Gasteiger charge is -2.22.